The van der Waals surface area contributed by atoms with Crippen LogP contribution in [-0.2, 0) is 12.7 Å². The second-order valence-electron chi connectivity index (χ2n) is 4.17. The normalized spacial score (nSPS) is 11.3. The van der Waals surface area contributed by atoms with Crippen LogP contribution in [0.5, 0.6) is 0 Å². The Kier molecular flexibility index (Phi) is 3.64. The van der Waals surface area contributed by atoms with Crippen molar-refractivity contribution in [3.63, 3.8) is 0 Å². The molecule has 0 aliphatic carbocycles. The van der Waals surface area contributed by atoms with Crippen LogP contribution >= 0.6 is 0 Å². The Morgan fingerprint density at radius 2 is 1.47 bits per heavy atom. The standard InChI is InChI=1S/C14H13F3N2/c15-14(16,17)11-3-1-10(2-4-11)9-19-13-7-5-12(18)6-8-13/h1-8,19H,9,18H2. The molecule has 3 N–H and O–H groups in total. The number of halogens is 3. The van der Waals surface area contributed by atoms with E-state index >= 15 is 0 Å². The fourth-order valence-electron chi connectivity index (χ4n) is 1.62. The lowest BCUT2D eigenvalue weighted by Crippen LogP contribution is -2.05. The minimum atomic E-state index is -4.29. The van der Waals surface area contributed by atoms with Crippen molar-refractivity contribution in [3.05, 3.63) is 59.7 Å². The lowest BCUT2D eigenvalue weighted by molar-refractivity contribution is -0.137. The van der Waals surface area contributed by atoms with E-state index < -0.39 is 11.7 Å². The Labute approximate surface area is 109 Å². The van der Waals surface area contributed by atoms with E-state index in [0.29, 0.717) is 12.2 Å². The third-order valence-electron chi connectivity index (χ3n) is 2.69. The van der Waals surface area contributed by atoms with Crippen LogP contribution in [0.25, 0.3) is 0 Å². The van der Waals surface area contributed by atoms with E-state index in [4.69, 9.17) is 5.73 Å². The SMILES string of the molecule is Nc1ccc(NCc2ccc(C(F)(F)F)cc2)cc1. The number of benzene rings is 2. The highest BCUT2D eigenvalue weighted by molar-refractivity contribution is 5.51. The molecule has 0 bridgehead atoms. The summed E-state index contributed by atoms with van der Waals surface area (Å²) in [4.78, 5) is 0. The van der Waals surface area contributed by atoms with Crippen molar-refractivity contribution in [1.82, 2.24) is 0 Å². The minimum Gasteiger partial charge on any atom is -0.399 e. The first-order chi connectivity index (χ1) is 8.95. The van der Waals surface area contributed by atoms with Crippen molar-refractivity contribution >= 4 is 11.4 Å². The zero-order valence-corrected chi connectivity index (χ0v) is 10.0. The van der Waals surface area contributed by atoms with Gasteiger partial charge >= 0.3 is 6.18 Å². The second kappa shape index (κ2) is 5.22. The van der Waals surface area contributed by atoms with Gasteiger partial charge in [-0.1, -0.05) is 12.1 Å². The van der Waals surface area contributed by atoms with Crippen molar-refractivity contribution < 1.29 is 13.2 Å². The molecule has 100 valence electrons. The summed E-state index contributed by atoms with van der Waals surface area (Å²) >= 11 is 0. The number of alkyl halides is 3. The molecule has 19 heavy (non-hydrogen) atoms. The van der Waals surface area contributed by atoms with Gasteiger partial charge in [0.05, 0.1) is 5.56 Å². The van der Waals surface area contributed by atoms with Crippen LogP contribution in [0.2, 0.25) is 0 Å². The van der Waals surface area contributed by atoms with Crippen LogP contribution in [0.1, 0.15) is 11.1 Å². The minimum absolute atomic E-state index is 0.460. The first-order valence-corrected chi connectivity index (χ1v) is 5.71. The third-order valence-corrected chi connectivity index (χ3v) is 2.69. The van der Waals surface area contributed by atoms with Crippen LogP contribution < -0.4 is 11.1 Å². The molecule has 2 aromatic carbocycles. The summed E-state index contributed by atoms with van der Waals surface area (Å²) in [5, 5.41) is 3.11. The van der Waals surface area contributed by atoms with Gasteiger partial charge in [-0.25, -0.2) is 0 Å². The van der Waals surface area contributed by atoms with Crippen LogP contribution in [0.4, 0.5) is 24.5 Å². The van der Waals surface area contributed by atoms with Crippen molar-refractivity contribution in [2.24, 2.45) is 0 Å². The predicted octanol–water partition coefficient (Wildman–Crippen LogP) is 3.90. The van der Waals surface area contributed by atoms with Crippen molar-refractivity contribution in [2.45, 2.75) is 12.7 Å². The molecule has 0 amide bonds. The smallest absolute Gasteiger partial charge is 0.399 e. The predicted molar refractivity (Wildman–Crippen MR) is 69.6 cm³/mol. The molecule has 0 saturated heterocycles. The number of nitrogens with two attached hydrogens (primary N) is 1. The zero-order valence-electron chi connectivity index (χ0n) is 10.0. The topological polar surface area (TPSA) is 38.0 Å². The number of anilines is 2. The van der Waals surface area contributed by atoms with E-state index in [1.165, 1.54) is 12.1 Å². The molecule has 0 heterocycles. The number of hydrogen-bond donors (Lipinski definition) is 2. The van der Waals surface area contributed by atoms with Gasteiger partial charge in [0.15, 0.2) is 0 Å². The van der Waals surface area contributed by atoms with E-state index in [-0.39, 0.29) is 0 Å². The van der Waals surface area contributed by atoms with Crippen molar-refractivity contribution in [3.8, 4) is 0 Å². The molecule has 0 unspecified atom stereocenters. The number of hydrogen-bond acceptors (Lipinski definition) is 2. The average Bonchev–Trinajstić information content (AvgIpc) is 2.37. The zero-order chi connectivity index (χ0) is 13.9. The van der Waals surface area contributed by atoms with Gasteiger partial charge in [-0.3, -0.25) is 0 Å². The molecule has 0 aliphatic rings. The van der Waals surface area contributed by atoms with Gasteiger partial charge in [-0.05, 0) is 42.0 Å². The number of nitrogen functional groups attached to an aromatic ring is 1. The molecule has 0 atom stereocenters. The first kappa shape index (κ1) is 13.3. The summed E-state index contributed by atoms with van der Waals surface area (Å²) < 4.78 is 37.1. The monoisotopic (exact) mass is 266 g/mol. The summed E-state index contributed by atoms with van der Waals surface area (Å²) in [6.45, 7) is 0.460. The van der Waals surface area contributed by atoms with Gasteiger partial charge in [0.25, 0.3) is 0 Å². The first-order valence-electron chi connectivity index (χ1n) is 5.71. The van der Waals surface area contributed by atoms with E-state index in [9.17, 15) is 13.2 Å². The van der Waals surface area contributed by atoms with Gasteiger partial charge in [0, 0.05) is 17.9 Å². The fourth-order valence-corrected chi connectivity index (χ4v) is 1.62. The Morgan fingerprint density at radius 3 is 2.00 bits per heavy atom. The molecule has 0 aliphatic heterocycles. The molecule has 5 heteroatoms. The quantitative estimate of drug-likeness (QED) is 0.827. The molecule has 0 radical (unpaired) electrons. The maximum absolute atomic E-state index is 12.4. The van der Waals surface area contributed by atoms with Crippen LogP contribution in [0.3, 0.4) is 0 Å². The summed E-state index contributed by atoms with van der Waals surface area (Å²) in [7, 11) is 0. The molecule has 2 rings (SSSR count). The summed E-state index contributed by atoms with van der Waals surface area (Å²) in [6, 6.07) is 12.3. The Hall–Kier alpha value is -2.17. The van der Waals surface area contributed by atoms with Gasteiger partial charge in [0.2, 0.25) is 0 Å². The van der Waals surface area contributed by atoms with E-state index in [1.54, 1.807) is 12.1 Å². The van der Waals surface area contributed by atoms with Gasteiger partial charge in [-0.15, -0.1) is 0 Å². The highest BCUT2D eigenvalue weighted by atomic mass is 19.4. The van der Waals surface area contributed by atoms with Crippen LogP contribution in [-0.4, -0.2) is 0 Å². The molecule has 2 aromatic rings. The lowest BCUT2D eigenvalue weighted by Gasteiger charge is -2.09. The summed E-state index contributed by atoms with van der Waals surface area (Å²) in [5.41, 5.74) is 7.24. The van der Waals surface area contributed by atoms with Gasteiger partial charge in [-0.2, -0.15) is 13.2 Å². The van der Waals surface area contributed by atoms with Crippen LogP contribution in [0.15, 0.2) is 48.5 Å². The summed E-state index contributed by atoms with van der Waals surface area (Å²) in [6.07, 6.45) is -4.29. The van der Waals surface area contributed by atoms with Gasteiger partial charge < -0.3 is 11.1 Å². The molecule has 0 saturated carbocycles. The number of rotatable bonds is 3. The second-order valence-corrected chi connectivity index (χ2v) is 4.17. The van der Waals surface area contributed by atoms with E-state index in [2.05, 4.69) is 5.32 Å². The van der Waals surface area contributed by atoms with Crippen LogP contribution in [0, 0.1) is 0 Å². The molecule has 2 nitrogen and oxygen atoms in total. The Balaban J connectivity index is 1.98. The maximum Gasteiger partial charge on any atom is 0.416 e. The molecule has 0 aromatic heterocycles. The summed E-state index contributed by atoms with van der Waals surface area (Å²) in [5.74, 6) is 0. The fraction of sp³-hybridized carbons (Fsp3) is 0.143. The third kappa shape index (κ3) is 3.64. The maximum atomic E-state index is 12.4. The van der Waals surface area contributed by atoms with E-state index in [1.807, 2.05) is 12.1 Å². The molecular formula is C14H13F3N2. The lowest BCUT2D eigenvalue weighted by atomic mass is 10.1. The molecular weight excluding hydrogens is 253 g/mol. The Bertz CT molecular complexity index is 530. The van der Waals surface area contributed by atoms with Gasteiger partial charge in [0.1, 0.15) is 0 Å². The van der Waals surface area contributed by atoms with Crippen molar-refractivity contribution in [2.75, 3.05) is 11.1 Å². The van der Waals surface area contributed by atoms with Crippen molar-refractivity contribution in [1.29, 1.82) is 0 Å². The largest absolute Gasteiger partial charge is 0.416 e. The highest BCUT2D eigenvalue weighted by Crippen LogP contribution is 2.29. The molecule has 0 spiro atoms. The Morgan fingerprint density at radius 1 is 0.895 bits per heavy atom. The molecule has 0 fully saturated rings. The highest BCUT2D eigenvalue weighted by Gasteiger charge is 2.29. The van der Waals surface area contributed by atoms with E-state index in [0.717, 1.165) is 23.4 Å². The number of nitrogens with one attached hydrogen (secondary N) is 1. The average molecular weight is 266 g/mol.